The van der Waals surface area contributed by atoms with Crippen LogP contribution in [0.4, 0.5) is 0 Å². The molecule has 2 aromatic rings. The molecule has 1 saturated carbocycles. The van der Waals surface area contributed by atoms with Gasteiger partial charge in [0.25, 0.3) is 5.91 Å². The maximum absolute atomic E-state index is 13.2. The third-order valence-corrected chi connectivity index (χ3v) is 7.00. The third-order valence-electron chi connectivity index (χ3n) is 7.00. The first kappa shape index (κ1) is 18.0. The van der Waals surface area contributed by atoms with Crippen molar-refractivity contribution in [3.63, 3.8) is 0 Å². The van der Waals surface area contributed by atoms with E-state index in [0.717, 1.165) is 53.4 Å². The normalized spacial score (nSPS) is 25.7. The molecule has 1 atom stereocenters. The molecule has 28 heavy (non-hydrogen) atoms. The van der Waals surface area contributed by atoms with Crippen LogP contribution in [0, 0.1) is 25.2 Å². The zero-order valence-electron chi connectivity index (χ0n) is 17.1. The monoisotopic (exact) mass is 378 g/mol. The average molecular weight is 379 g/mol. The lowest BCUT2D eigenvalue weighted by Gasteiger charge is -2.40. The molecule has 148 valence electrons. The quantitative estimate of drug-likeness (QED) is 0.819. The highest BCUT2D eigenvalue weighted by Crippen LogP contribution is 2.41. The lowest BCUT2D eigenvalue weighted by molar-refractivity contribution is 0.0681. The number of amides is 1. The van der Waals surface area contributed by atoms with Crippen molar-refractivity contribution in [3.8, 4) is 0 Å². The summed E-state index contributed by atoms with van der Waals surface area (Å²) in [6.07, 6.45) is 6.51. The van der Waals surface area contributed by atoms with E-state index in [4.69, 9.17) is 0 Å². The number of aromatic nitrogens is 2. The Bertz CT molecular complexity index is 922. The summed E-state index contributed by atoms with van der Waals surface area (Å²) in [7, 11) is 0. The van der Waals surface area contributed by atoms with E-state index in [1.54, 1.807) is 0 Å². The minimum atomic E-state index is 0.151. The van der Waals surface area contributed by atoms with Crippen molar-refractivity contribution in [1.82, 2.24) is 19.8 Å². The predicted octanol–water partition coefficient (Wildman–Crippen LogP) is 3.58. The van der Waals surface area contributed by atoms with E-state index in [1.165, 1.54) is 45.3 Å². The Morgan fingerprint density at radius 3 is 2.64 bits per heavy atom. The first-order valence-electron chi connectivity index (χ1n) is 10.8. The van der Waals surface area contributed by atoms with Crippen molar-refractivity contribution in [2.24, 2.45) is 11.3 Å². The Labute approximate surface area is 167 Å². The van der Waals surface area contributed by atoms with Gasteiger partial charge in [-0.05, 0) is 76.6 Å². The number of piperidine rings is 1. The van der Waals surface area contributed by atoms with Gasteiger partial charge in [0, 0.05) is 37.2 Å². The van der Waals surface area contributed by atoms with Gasteiger partial charge in [-0.2, -0.15) is 0 Å². The molecule has 1 amide bonds. The van der Waals surface area contributed by atoms with Crippen LogP contribution in [0.1, 0.15) is 53.8 Å². The molecule has 1 aromatic carbocycles. The fraction of sp³-hybridized carbons (Fsp3) is 0.609. The molecule has 0 radical (unpaired) electrons. The molecule has 3 fully saturated rings. The van der Waals surface area contributed by atoms with Gasteiger partial charge in [-0.3, -0.25) is 4.79 Å². The fourth-order valence-electron chi connectivity index (χ4n) is 5.12. The summed E-state index contributed by atoms with van der Waals surface area (Å²) in [5, 5.41) is 0. The molecule has 3 heterocycles. The SMILES string of the molecule is Cc1nc2ccc(C(=O)N3CC[C@@]4(CCCN(CC5CC5)C4)C3)cc2nc1C. The van der Waals surface area contributed by atoms with Gasteiger partial charge in [0.05, 0.1) is 22.4 Å². The van der Waals surface area contributed by atoms with Crippen molar-refractivity contribution >= 4 is 16.9 Å². The molecule has 1 aromatic heterocycles. The Morgan fingerprint density at radius 2 is 1.86 bits per heavy atom. The van der Waals surface area contributed by atoms with Crippen LogP contribution in [0.3, 0.4) is 0 Å². The zero-order valence-corrected chi connectivity index (χ0v) is 17.1. The van der Waals surface area contributed by atoms with Crippen molar-refractivity contribution in [1.29, 1.82) is 0 Å². The second kappa shape index (κ2) is 6.80. The first-order chi connectivity index (χ1) is 13.5. The van der Waals surface area contributed by atoms with Gasteiger partial charge in [-0.1, -0.05) is 0 Å². The molecule has 2 aliphatic heterocycles. The summed E-state index contributed by atoms with van der Waals surface area (Å²) in [6.45, 7) is 9.43. The van der Waals surface area contributed by atoms with E-state index in [9.17, 15) is 4.79 Å². The highest BCUT2D eigenvalue weighted by molar-refractivity contribution is 5.97. The molecule has 5 heteroatoms. The van der Waals surface area contributed by atoms with Gasteiger partial charge in [0.1, 0.15) is 0 Å². The molecule has 0 unspecified atom stereocenters. The minimum absolute atomic E-state index is 0.151. The van der Waals surface area contributed by atoms with E-state index < -0.39 is 0 Å². The maximum Gasteiger partial charge on any atom is 0.253 e. The number of rotatable bonds is 3. The lowest BCUT2D eigenvalue weighted by atomic mass is 9.79. The molecule has 0 N–H and O–H groups in total. The van der Waals surface area contributed by atoms with Crippen molar-refractivity contribution < 1.29 is 4.79 Å². The number of fused-ring (bicyclic) bond motifs is 1. The summed E-state index contributed by atoms with van der Waals surface area (Å²) < 4.78 is 0. The van der Waals surface area contributed by atoms with Crippen LogP contribution in [-0.2, 0) is 0 Å². The average Bonchev–Trinajstić information content (AvgIpc) is 3.41. The van der Waals surface area contributed by atoms with Crippen molar-refractivity contribution in [2.45, 2.75) is 46.0 Å². The summed E-state index contributed by atoms with van der Waals surface area (Å²) in [4.78, 5) is 27.2. The van der Waals surface area contributed by atoms with Crippen LogP contribution in [-0.4, -0.2) is 58.4 Å². The van der Waals surface area contributed by atoms with E-state index >= 15 is 0 Å². The van der Waals surface area contributed by atoms with Gasteiger partial charge in [0.2, 0.25) is 0 Å². The summed E-state index contributed by atoms with van der Waals surface area (Å²) in [6, 6.07) is 5.77. The van der Waals surface area contributed by atoms with Crippen LogP contribution in [0.2, 0.25) is 0 Å². The van der Waals surface area contributed by atoms with Crippen molar-refractivity contribution in [2.75, 3.05) is 32.7 Å². The van der Waals surface area contributed by atoms with Gasteiger partial charge in [0.15, 0.2) is 0 Å². The minimum Gasteiger partial charge on any atom is -0.338 e. The number of benzene rings is 1. The van der Waals surface area contributed by atoms with E-state index in [-0.39, 0.29) is 5.91 Å². The van der Waals surface area contributed by atoms with Crippen LogP contribution >= 0.6 is 0 Å². The molecular formula is C23H30N4O. The van der Waals surface area contributed by atoms with Gasteiger partial charge >= 0.3 is 0 Å². The second-order valence-electron chi connectivity index (χ2n) is 9.36. The molecule has 1 aliphatic carbocycles. The zero-order chi connectivity index (χ0) is 19.3. The smallest absolute Gasteiger partial charge is 0.253 e. The molecular weight excluding hydrogens is 348 g/mol. The number of carbonyl (C=O) groups excluding carboxylic acids is 1. The molecule has 5 rings (SSSR count). The maximum atomic E-state index is 13.2. The van der Waals surface area contributed by atoms with E-state index in [2.05, 4.69) is 19.8 Å². The molecule has 0 bridgehead atoms. The van der Waals surface area contributed by atoms with Crippen LogP contribution in [0.15, 0.2) is 18.2 Å². The summed E-state index contributed by atoms with van der Waals surface area (Å²) in [5.41, 5.74) is 4.60. The Kier molecular flexibility index (Phi) is 4.38. The Hall–Kier alpha value is -2.01. The largest absolute Gasteiger partial charge is 0.338 e. The second-order valence-corrected chi connectivity index (χ2v) is 9.36. The van der Waals surface area contributed by atoms with E-state index in [1.807, 2.05) is 32.0 Å². The van der Waals surface area contributed by atoms with Gasteiger partial charge in [-0.25, -0.2) is 9.97 Å². The molecule has 5 nitrogen and oxygen atoms in total. The topological polar surface area (TPSA) is 49.3 Å². The number of hydrogen-bond acceptors (Lipinski definition) is 4. The highest BCUT2D eigenvalue weighted by atomic mass is 16.2. The van der Waals surface area contributed by atoms with Crippen LogP contribution in [0.25, 0.3) is 11.0 Å². The number of nitrogens with zero attached hydrogens (tertiary/aromatic N) is 4. The standard InChI is InChI=1S/C23H30N4O/c1-16-17(2)25-21-12-19(6-7-20(21)24-16)22(28)27-11-9-23(15-27)8-3-10-26(14-23)13-18-4-5-18/h6-7,12,18H,3-5,8-11,13-15H2,1-2H3/t23-/m1/s1. The van der Waals surface area contributed by atoms with Crippen molar-refractivity contribution in [3.05, 3.63) is 35.2 Å². The Balaban J connectivity index is 1.32. The molecule has 2 saturated heterocycles. The van der Waals surface area contributed by atoms with Crippen LogP contribution < -0.4 is 0 Å². The number of hydrogen-bond donors (Lipinski definition) is 0. The lowest BCUT2D eigenvalue weighted by Crippen LogP contribution is -2.46. The first-order valence-corrected chi connectivity index (χ1v) is 10.8. The molecule has 3 aliphatic rings. The van der Waals surface area contributed by atoms with Gasteiger partial charge < -0.3 is 9.80 Å². The molecule has 1 spiro atoms. The van der Waals surface area contributed by atoms with Gasteiger partial charge in [-0.15, -0.1) is 0 Å². The number of carbonyl (C=O) groups is 1. The highest BCUT2D eigenvalue weighted by Gasteiger charge is 2.43. The third kappa shape index (κ3) is 3.41. The summed E-state index contributed by atoms with van der Waals surface area (Å²) >= 11 is 0. The summed E-state index contributed by atoms with van der Waals surface area (Å²) in [5.74, 6) is 1.10. The fourth-order valence-corrected chi connectivity index (χ4v) is 5.12. The Morgan fingerprint density at radius 1 is 1.07 bits per heavy atom. The number of likely N-dealkylation sites (tertiary alicyclic amines) is 2. The van der Waals surface area contributed by atoms with E-state index in [0.29, 0.717) is 5.41 Å². The predicted molar refractivity (Wildman–Crippen MR) is 110 cm³/mol. The number of aryl methyl sites for hydroxylation is 2. The van der Waals surface area contributed by atoms with Crippen LogP contribution in [0.5, 0.6) is 0 Å².